The van der Waals surface area contributed by atoms with Crippen LogP contribution in [0.1, 0.15) is 0 Å². The summed E-state index contributed by atoms with van der Waals surface area (Å²) in [5.41, 5.74) is 0. The van der Waals surface area contributed by atoms with Gasteiger partial charge < -0.3 is 38.7 Å². The molecule has 50 valence electrons. The topological polar surface area (TPSA) is 129 Å². The molecular weight excluding hydrogens is 248 g/mol. The fourth-order valence-corrected chi connectivity index (χ4v) is 0. The summed E-state index contributed by atoms with van der Waals surface area (Å²) >= 11 is 0. The zero-order valence-electron chi connectivity index (χ0n) is 3.55. The number of nitrogens with zero attached hydrogens (tertiary/aromatic N) is 1. The Morgan fingerprint density at radius 3 is 1.12 bits per heavy atom. The molecule has 0 heterocycles. The van der Waals surface area contributed by atoms with Gasteiger partial charge in [0.1, 0.15) is 0 Å². The van der Waals surface area contributed by atoms with Gasteiger partial charge in [-0.25, -0.2) is 0 Å². The van der Waals surface area contributed by atoms with Gasteiger partial charge >= 0.3 is 23.9 Å². The minimum atomic E-state index is -1.75. The molecule has 0 aliphatic heterocycles. The summed E-state index contributed by atoms with van der Waals surface area (Å²) < 4.78 is 0. The zero-order chi connectivity index (χ0) is 3.58. The van der Waals surface area contributed by atoms with E-state index in [2.05, 4.69) is 0 Å². The molecule has 0 spiro atoms. The van der Waals surface area contributed by atoms with E-state index in [9.17, 15) is 0 Å². The fraction of sp³-hybridized carbons (Fsp3) is 0. The first-order valence-corrected chi connectivity index (χ1v) is 0.548. The number of rotatable bonds is 0. The minimum absolute atomic E-state index is 0. The molecule has 4 N–H and O–H groups in total. The van der Waals surface area contributed by atoms with Crippen LogP contribution in [0.25, 0.3) is 0 Å². The first-order chi connectivity index (χ1) is 1.73. The van der Waals surface area contributed by atoms with E-state index < -0.39 is 5.09 Å². The molecule has 0 saturated carbocycles. The first kappa shape index (κ1) is 41.4. The normalized spacial score (nSPS) is 3.00. The summed E-state index contributed by atoms with van der Waals surface area (Å²) in [6, 6.07) is 0. The largest absolute Gasteiger partial charge is 2.00 e. The van der Waals surface area contributed by atoms with Gasteiger partial charge in [-0.1, -0.05) is 0 Å². The third-order valence-electron chi connectivity index (χ3n) is 0. The molecule has 0 aliphatic rings. The van der Waals surface area contributed by atoms with Gasteiger partial charge in [0.15, 0.2) is 0 Å². The monoisotopic (exact) mass is 253 g/mol. The van der Waals surface area contributed by atoms with E-state index in [0.29, 0.717) is 0 Å². The van der Waals surface area contributed by atoms with E-state index in [0.717, 1.165) is 0 Å². The molecule has 0 bridgehead atoms. The van der Waals surface area contributed by atoms with Crippen molar-refractivity contribution >= 4 is 23.9 Å². The second kappa shape index (κ2) is 27.0. The summed E-state index contributed by atoms with van der Waals surface area (Å²) in [7, 11) is 0. The van der Waals surface area contributed by atoms with E-state index in [1.54, 1.807) is 0 Å². The molecule has 0 fully saturated rings. The fourth-order valence-electron chi connectivity index (χ4n) is 0. The Kier molecular flexibility index (Phi) is 140. The van der Waals surface area contributed by atoms with Crippen molar-refractivity contribution in [1.82, 2.24) is 0 Å². The van der Waals surface area contributed by atoms with Gasteiger partial charge in [-0.3, -0.25) is 0 Å². The first-order valence-electron chi connectivity index (χ1n) is 0.548. The Labute approximate surface area is 68.0 Å². The predicted octanol–water partition coefficient (Wildman–Crippen LogP) is -5.27. The van der Waals surface area contributed by atoms with E-state index in [-0.39, 0.29) is 47.3 Å². The second-order valence-corrected chi connectivity index (χ2v) is 0.224. The Morgan fingerprint density at radius 2 is 1.12 bits per heavy atom. The molecule has 6 nitrogen and oxygen atoms in total. The minimum Gasteiger partial charge on any atom is -1.00 e. The van der Waals surface area contributed by atoms with Crippen LogP contribution in [0.15, 0.2) is 0 Å². The van der Waals surface area contributed by atoms with Crippen LogP contribution < -0.4 is 12.4 Å². The van der Waals surface area contributed by atoms with Gasteiger partial charge in [0.05, 0.1) is 5.09 Å². The summed E-state index contributed by atoms with van der Waals surface area (Å²) in [6.07, 6.45) is 0. The standard InChI is InChI=1S/ClH.NO3.2H2O.Sn/c;2-1(3)4;;;/h1H;;2*1H2;/q;-1;;;+2/p-1. The van der Waals surface area contributed by atoms with Crippen LogP contribution in [-0.2, 0) is 0 Å². The van der Waals surface area contributed by atoms with Gasteiger partial charge in [0, 0.05) is 0 Å². The van der Waals surface area contributed by atoms with Crippen molar-refractivity contribution in [3.8, 4) is 0 Å². The number of hydrogen-bond acceptors (Lipinski definition) is 3. The van der Waals surface area contributed by atoms with Gasteiger partial charge in [0.25, 0.3) is 0 Å². The zero-order valence-corrected chi connectivity index (χ0v) is 7.16. The van der Waals surface area contributed by atoms with E-state index >= 15 is 0 Å². The molecule has 0 rings (SSSR count). The van der Waals surface area contributed by atoms with Crippen molar-refractivity contribution in [2.45, 2.75) is 0 Å². The molecule has 2 radical (unpaired) electrons. The summed E-state index contributed by atoms with van der Waals surface area (Å²) in [4.78, 5) is 8.25. The van der Waals surface area contributed by atoms with Crippen LogP contribution in [0.4, 0.5) is 0 Å². The summed E-state index contributed by atoms with van der Waals surface area (Å²) in [5, 5.41) is 14.8. The molecule has 0 amide bonds. The Balaban J connectivity index is -0.00000000750. The predicted molar refractivity (Wildman–Crippen MR) is 23.3 cm³/mol. The van der Waals surface area contributed by atoms with Crippen molar-refractivity contribution in [3.05, 3.63) is 15.3 Å². The second-order valence-electron chi connectivity index (χ2n) is 0.224. The Hall–Kier alpha value is 0.209. The molecule has 0 saturated heterocycles. The van der Waals surface area contributed by atoms with E-state index in [1.165, 1.54) is 0 Å². The maximum absolute atomic E-state index is 8.25. The van der Waals surface area contributed by atoms with Crippen molar-refractivity contribution in [1.29, 1.82) is 0 Å². The summed E-state index contributed by atoms with van der Waals surface area (Å²) in [6.45, 7) is 0. The molecule has 0 aliphatic carbocycles. The van der Waals surface area contributed by atoms with Crippen molar-refractivity contribution in [3.63, 3.8) is 0 Å². The SMILES string of the molecule is O.O.O=[N+]([O-])[O-].[Cl-].[Sn+2]. The van der Waals surface area contributed by atoms with Gasteiger partial charge in [-0.15, -0.1) is 0 Å². The average molecular weight is 252 g/mol. The van der Waals surface area contributed by atoms with Crippen molar-refractivity contribution < 1.29 is 28.4 Å². The quantitative estimate of drug-likeness (QED) is 0.242. The van der Waals surface area contributed by atoms with Crippen LogP contribution in [0.5, 0.6) is 0 Å². The Morgan fingerprint density at radius 1 is 1.12 bits per heavy atom. The molecule has 0 aromatic rings. The molecule has 0 aromatic carbocycles. The van der Waals surface area contributed by atoms with Crippen molar-refractivity contribution in [2.24, 2.45) is 0 Å². The molecule has 0 atom stereocenters. The molecular formula is H4ClNO5Sn. The van der Waals surface area contributed by atoms with Crippen LogP contribution in [-0.4, -0.2) is 39.9 Å². The Bertz CT molecular complexity index is 35.4. The van der Waals surface area contributed by atoms with Crippen LogP contribution in [0, 0.1) is 15.3 Å². The maximum Gasteiger partial charge on any atom is 2.00 e. The molecule has 0 aromatic heterocycles. The van der Waals surface area contributed by atoms with Crippen LogP contribution >= 0.6 is 0 Å². The summed E-state index contributed by atoms with van der Waals surface area (Å²) in [5.74, 6) is 0. The van der Waals surface area contributed by atoms with Gasteiger partial charge in [-0.05, 0) is 0 Å². The maximum atomic E-state index is 8.25. The van der Waals surface area contributed by atoms with E-state index in [1.807, 2.05) is 0 Å². The number of hydrogen-bond donors (Lipinski definition) is 0. The molecule has 8 heteroatoms. The van der Waals surface area contributed by atoms with Crippen molar-refractivity contribution in [2.75, 3.05) is 0 Å². The van der Waals surface area contributed by atoms with Gasteiger partial charge in [0.2, 0.25) is 0 Å². The molecule has 8 heavy (non-hydrogen) atoms. The van der Waals surface area contributed by atoms with Gasteiger partial charge in [-0.2, -0.15) is 0 Å². The third-order valence-corrected chi connectivity index (χ3v) is 0. The van der Waals surface area contributed by atoms with Crippen LogP contribution in [0.2, 0.25) is 0 Å². The molecule has 0 unspecified atom stereocenters. The number of halogens is 1. The smallest absolute Gasteiger partial charge is 1.00 e. The third kappa shape index (κ3) is 3870. The van der Waals surface area contributed by atoms with Crippen LogP contribution in [0.3, 0.4) is 0 Å². The van der Waals surface area contributed by atoms with E-state index in [4.69, 9.17) is 15.3 Å². The average Bonchev–Trinajstić information content (AvgIpc) is 0.811.